The Morgan fingerprint density at radius 3 is 2.91 bits per heavy atom. The molecule has 0 radical (unpaired) electrons. The number of aliphatic hydroxyl groups excluding tert-OH is 1. The van der Waals surface area contributed by atoms with Gasteiger partial charge in [-0.15, -0.1) is 0 Å². The summed E-state index contributed by atoms with van der Waals surface area (Å²) < 4.78 is 0. The monoisotopic (exact) mass is 335 g/mol. The van der Waals surface area contributed by atoms with Crippen molar-refractivity contribution in [2.45, 2.75) is 45.4 Å². The fourth-order valence-electron chi connectivity index (χ4n) is 3.03. The van der Waals surface area contributed by atoms with Crippen molar-refractivity contribution in [3.8, 4) is 0 Å². The number of likely N-dealkylation sites (tertiary alicyclic amines) is 1. The summed E-state index contributed by atoms with van der Waals surface area (Å²) in [5, 5.41) is 14.4. The highest BCUT2D eigenvalue weighted by molar-refractivity contribution is 6.32. The predicted octanol–water partition coefficient (Wildman–Crippen LogP) is 3.57. The summed E-state index contributed by atoms with van der Waals surface area (Å²) >= 11 is 6.32. The van der Waals surface area contributed by atoms with E-state index >= 15 is 0 Å². The van der Waals surface area contributed by atoms with E-state index in [0.717, 1.165) is 33.6 Å². The third kappa shape index (κ3) is 3.31. The molecule has 3 rings (SSSR count). The molecule has 3 N–H and O–H groups in total. The molecule has 2 amide bonds. The lowest BCUT2D eigenvalue weighted by Gasteiger charge is -2.20. The van der Waals surface area contributed by atoms with Crippen LogP contribution in [0.15, 0.2) is 18.2 Å². The number of urea groups is 1. The fraction of sp³-hybridized carbons (Fsp3) is 0.471. The van der Waals surface area contributed by atoms with E-state index in [1.165, 1.54) is 4.90 Å². The fourth-order valence-corrected chi connectivity index (χ4v) is 3.42. The third-order valence-corrected chi connectivity index (χ3v) is 4.66. The number of H-pyrrole nitrogens is 1. The van der Waals surface area contributed by atoms with Crippen LogP contribution in [-0.2, 0) is 6.54 Å². The van der Waals surface area contributed by atoms with Gasteiger partial charge in [0.05, 0.1) is 6.54 Å². The molecule has 6 heteroatoms. The van der Waals surface area contributed by atoms with Gasteiger partial charge in [-0.25, -0.2) is 4.79 Å². The highest BCUT2D eigenvalue weighted by atomic mass is 35.5. The van der Waals surface area contributed by atoms with Crippen LogP contribution in [0.5, 0.6) is 0 Å². The minimum absolute atomic E-state index is 0.227. The number of benzene rings is 1. The van der Waals surface area contributed by atoms with Crippen LogP contribution >= 0.6 is 11.6 Å². The van der Waals surface area contributed by atoms with Gasteiger partial charge < -0.3 is 15.4 Å². The number of nitrogens with zero attached hydrogens (tertiary/aromatic N) is 1. The average Bonchev–Trinajstić information content (AvgIpc) is 3.09. The first-order valence-electron chi connectivity index (χ1n) is 7.99. The Morgan fingerprint density at radius 2 is 2.26 bits per heavy atom. The number of hydrogen-bond donors (Lipinski definition) is 3. The van der Waals surface area contributed by atoms with Crippen molar-refractivity contribution in [2.75, 3.05) is 6.54 Å². The third-order valence-electron chi connectivity index (χ3n) is 4.33. The normalized spacial score (nSPS) is 18.1. The van der Waals surface area contributed by atoms with Crippen molar-refractivity contribution < 1.29 is 9.90 Å². The first-order valence-corrected chi connectivity index (χ1v) is 8.37. The zero-order chi connectivity index (χ0) is 16.6. The summed E-state index contributed by atoms with van der Waals surface area (Å²) in [5.41, 5.74) is 3.04. The molecular weight excluding hydrogens is 314 g/mol. The Kier molecular flexibility index (Phi) is 4.50. The second kappa shape index (κ2) is 6.42. The van der Waals surface area contributed by atoms with Gasteiger partial charge in [0.25, 0.3) is 0 Å². The first-order chi connectivity index (χ1) is 11.0. The Balaban J connectivity index is 1.72. The molecule has 2 aromatic rings. The number of rotatable bonds is 3. The quantitative estimate of drug-likeness (QED) is 0.802. The summed E-state index contributed by atoms with van der Waals surface area (Å²) in [5.74, 6) is 0.356. The van der Waals surface area contributed by atoms with E-state index in [1.807, 2.05) is 12.1 Å². The van der Waals surface area contributed by atoms with E-state index in [9.17, 15) is 9.90 Å². The topological polar surface area (TPSA) is 68.4 Å². The maximum Gasteiger partial charge on any atom is 0.319 e. The lowest BCUT2D eigenvalue weighted by atomic mass is 10.0. The number of carbonyl (C=O) groups excluding carboxylic acids is 1. The van der Waals surface area contributed by atoms with E-state index in [2.05, 4.69) is 30.2 Å². The summed E-state index contributed by atoms with van der Waals surface area (Å²) in [6.07, 6.45) is 0.832. The van der Waals surface area contributed by atoms with Crippen molar-refractivity contribution in [2.24, 2.45) is 0 Å². The molecular formula is C17H22ClN3O2. The number of amides is 2. The van der Waals surface area contributed by atoms with E-state index in [4.69, 9.17) is 11.6 Å². The van der Waals surface area contributed by atoms with Gasteiger partial charge in [-0.1, -0.05) is 25.4 Å². The largest absolute Gasteiger partial charge is 0.373 e. The molecule has 1 aromatic heterocycles. The lowest BCUT2D eigenvalue weighted by Crippen LogP contribution is -2.42. The van der Waals surface area contributed by atoms with E-state index in [0.29, 0.717) is 25.4 Å². The number of nitrogens with one attached hydrogen (secondary N) is 2. The molecule has 23 heavy (non-hydrogen) atoms. The summed E-state index contributed by atoms with van der Waals surface area (Å²) in [6.45, 7) is 5.22. The van der Waals surface area contributed by atoms with Crippen molar-refractivity contribution in [3.63, 3.8) is 0 Å². The van der Waals surface area contributed by atoms with Crippen LogP contribution < -0.4 is 5.32 Å². The number of aromatic nitrogens is 1. The summed E-state index contributed by atoms with van der Waals surface area (Å²) in [6, 6.07) is 5.79. The smallest absolute Gasteiger partial charge is 0.319 e. The van der Waals surface area contributed by atoms with Gasteiger partial charge in [0, 0.05) is 28.2 Å². The van der Waals surface area contributed by atoms with Gasteiger partial charge in [0.1, 0.15) is 6.23 Å². The summed E-state index contributed by atoms with van der Waals surface area (Å²) in [4.78, 5) is 16.9. The number of hydrogen-bond acceptors (Lipinski definition) is 2. The van der Waals surface area contributed by atoms with Crippen molar-refractivity contribution in [1.29, 1.82) is 0 Å². The van der Waals surface area contributed by atoms with Crippen molar-refractivity contribution >= 4 is 28.5 Å². The lowest BCUT2D eigenvalue weighted by molar-refractivity contribution is 0.0613. The van der Waals surface area contributed by atoms with Crippen LogP contribution in [0.4, 0.5) is 4.79 Å². The minimum atomic E-state index is -0.662. The molecule has 0 saturated carbocycles. The van der Waals surface area contributed by atoms with Gasteiger partial charge in [0.15, 0.2) is 0 Å². The average molecular weight is 336 g/mol. The molecule has 1 unspecified atom stereocenters. The Morgan fingerprint density at radius 1 is 1.48 bits per heavy atom. The van der Waals surface area contributed by atoms with Gasteiger partial charge in [-0.3, -0.25) is 4.90 Å². The van der Waals surface area contributed by atoms with E-state index in [1.54, 1.807) is 0 Å². The minimum Gasteiger partial charge on any atom is -0.373 e. The second-order valence-electron chi connectivity index (χ2n) is 6.39. The number of fused-ring (bicyclic) bond motifs is 1. The molecule has 5 nitrogen and oxygen atoms in total. The Bertz CT molecular complexity index is 726. The molecule has 1 aromatic carbocycles. The molecule has 1 aliphatic rings. The SMILES string of the molecule is CC(C)c1cc2[nH]c(CNC(=O)N3CCCC3O)cc2cc1Cl. The van der Waals surface area contributed by atoms with Crippen molar-refractivity contribution in [1.82, 2.24) is 15.2 Å². The van der Waals surface area contributed by atoms with Crippen LogP contribution in [0.25, 0.3) is 10.9 Å². The number of aliphatic hydroxyl groups is 1. The zero-order valence-corrected chi connectivity index (χ0v) is 14.2. The van der Waals surface area contributed by atoms with Gasteiger partial charge in [-0.2, -0.15) is 0 Å². The van der Waals surface area contributed by atoms with Crippen LogP contribution in [0.3, 0.4) is 0 Å². The van der Waals surface area contributed by atoms with Crippen LogP contribution in [-0.4, -0.2) is 33.8 Å². The second-order valence-corrected chi connectivity index (χ2v) is 6.79. The predicted molar refractivity (Wildman–Crippen MR) is 91.6 cm³/mol. The summed E-state index contributed by atoms with van der Waals surface area (Å²) in [7, 11) is 0. The maximum absolute atomic E-state index is 12.1. The number of halogens is 1. The molecule has 0 bridgehead atoms. The molecule has 1 fully saturated rings. The van der Waals surface area contributed by atoms with Crippen LogP contribution in [0.1, 0.15) is 43.9 Å². The standard InChI is InChI=1S/C17H22ClN3O2/c1-10(2)13-8-15-11(7-14(13)18)6-12(20-15)9-19-17(23)21-5-3-4-16(21)22/h6-8,10,16,20,22H,3-5,9H2,1-2H3,(H,19,23). The molecule has 2 heterocycles. The maximum atomic E-state index is 12.1. The molecule has 1 atom stereocenters. The molecule has 0 aliphatic carbocycles. The van der Waals surface area contributed by atoms with Crippen molar-refractivity contribution in [3.05, 3.63) is 34.5 Å². The molecule has 0 spiro atoms. The highest BCUT2D eigenvalue weighted by Crippen LogP contribution is 2.29. The molecule has 1 saturated heterocycles. The molecule has 124 valence electrons. The zero-order valence-electron chi connectivity index (χ0n) is 13.4. The van der Waals surface area contributed by atoms with Crippen LogP contribution in [0.2, 0.25) is 5.02 Å². The van der Waals surface area contributed by atoms with Gasteiger partial charge in [0.2, 0.25) is 0 Å². The number of carbonyl (C=O) groups is 1. The van der Waals surface area contributed by atoms with Crippen LogP contribution in [0, 0.1) is 0 Å². The number of aromatic amines is 1. The van der Waals surface area contributed by atoms with Gasteiger partial charge >= 0.3 is 6.03 Å². The highest BCUT2D eigenvalue weighted by Gasteiger charge is 2.26. The van der Waals surface area contributed by atoms with E-state index in [-0.39, 0.29) is 6.03 Å². The molecule has 1 aliphatic heterocycles. The van der Waals surface area contributed by atoms with E-state index < -0.39 is 6.23 Å². The Labute approximate surface area is 140 Å². The first kappa shape index (κ1) is 16.1. The Hall–Kier alpha value is -1.72. The van der Waals surface area contributed by atoms with Gasteiger partial charge in [-0.05, 0) is 42.5 Å².